The fourth-order valence-electron chi connectivity index (χ4n) is 1.77. The molecule has 0 fully saturated rings. The number of hydrogen-bond donors (Lipinski definition) is 1. The number of Topliss-reactive ketones (excluding diaryl/α,β-unsaturated/α-hetero) is 1. The molecule has 2 rings (SSSR count). The summed E-state index contributed by atoms with van der Waals surface area (Å²) in [5.74, 6) is -0.313. The van der Waals surface area contributed by atoms with Gasteiger partial charge in [0.1, 0.15) is 5.78 Å². The van der Waals surface area contributed by atoms with Crippen molar-refractivity contribution in [3.8, 4) is 0 Å². The van der Waals surface area contributed by atoms with Gasteiger partial charge in [0.25, 0.3) is 0 Å². The average molecular weight is 189 g/mol. The van der Waals surface area contributed by atoms with E-state index in [-0.39, 0.29) is 17.6 Å². The van der Waals surface area contributed by atoms with Crippen LogP contribution in [0.15, 0.2) is 24.3 Å². The molecule has 14 heavy (non-hydrogen) atoms. The van der Waals surface area contributed by atoms with E-state index in [1.165, 1.54) is 6.92 Å². The van der Waals surface area contributed by atoms with Gasteiger partial charge in [-0.3, -0.25) is 9.59 Å². The zero-order valence-corrected chi connectivity index (χ0v) is 7.91. The molecule has 1 aliphatic heterocycles. The van der Waals surface area contributed by atoms with Crippen LogP contribution in [-0.2, 0) is 9.59 Å². The quantitative estimate of drug-likeness (QED) is 0.769. The van der Waals surface area contributed by atoms with E-state index in [0.29, 0.717) is 6.42 Å². The molecule has 1 aromatic rings. The summed E-state index contributed by atoms with van der Waals surface area (Å²) in [5.41, 5.74) is 1.77. The molecule has 1 amide bonds. The Kier molecular flexibility index (Phi) is 2.08. The lowest BCUT2D eigenvalue weighted by atomic mass is 9.96. The highest BCUT2D eigenvalue weighted by molar-refractivity contribution is 6.04. The number of fused-ring (bicyclic) bond motifs is 1. The molecule has 0 bridgehead atoms. The third-order valence-corrected chi connectivity index (χ3v) is 2.40. The topological polar surface area (TPSA) is 46.2 Å². The van der Waals surface area contributed by atoms with Crippen molar-refractivity contribution in [1.29, 1.82) is 0 Å². The van der Waals surface area contributed by atoms with Gasteiger partial charge in [-0.05, 0) is 18.6 Å². The molecule has 0 aliphatic carbocycles. The van der Waals surface area contributed by atoms with Crippen molar-refractivity contribution in [2.24, 2.45) is 0 Å². The van der Waals surface area contributed by atoms with Crippen LogP contribution in [0, 0.1) is 0 Å². The highest BCUT2D eigenvalue weighted by atomic mass is 16.2. The van der Waals surface area contributed by atoms with Crippen molar-refractivity contribution in [1.82, 2.24) is 0 Å². The monoisotopic (exact) mass is 189 g/mol. The van der Waals surface area contributed by atoms with Crippen LogP contribution in [0.5, 0.6) is 0 Å². The summed E-state index contributed by atoms with van der Waals surface area (Å²) < 4.78 is 0. The Morgan fingerprint density at radius 2 is 2.14 bits per heavy atom. The standard InChI is InChI=1S/C11H11NO2/c1-7(13)6-9-8-4-2-3-5-10(8)12-11(9)14/h2-5,9H,6H2,1H3,(H,12,14)/t9-/m0/s1. The molecule has 0 saturated carbocycles. The molecule has 3 heteroatoms. The van der Waals surface area contributed by atoms with Crippen LogP contribution in [-0.4, -0.2) is 11.7 Å². The summed E-state index contributed by atoms with van der Waals surface area (Å²) >= 11 is 0. The second-order valence-corrected chi connectivity index (χ2v) is 3.54. The Bertz CT molecular complexity index is 398. The summed E-state index contributed by atoms with van der Waals surface area (Å²) in [6.07, 6.45) is 0.294. The van der Waals surface area contributed by atoms with E-state index in [0.717, 1.165) is 11.3 Å². The number of benzene rings is 1. The third kappa shape index (κ3) is 1.41. The fourth-order valence-corrected chi connectivity index (χ4v) is 1.77. The molecule has 0 spiro atoms. The van der Waals surface area contributed by atoms with Gasteiger partial charge >= 0.3 is 0 Å². The minimum atomic E-state index is -0.288. The number of hydrogen-bond acceptors (Lipinski definition) is 2. The first-order valence-electron chi connectivity index (χ1n) is 4.57. The molecule has 1 N–H and O–H groups in total. The Morgan fingerprint density at radius 3 is 2.86 bits per heavy atom. The van der Waals surface area contributed by atoms with Crippen molar-refractivity contribution in [3.63, 3.8) is 0 Å². The van der Waals surface area contributed by atoms with Crippen LogP contribution in [0.1, 0.15) is 24.8 Å². The number of ketones is 1. The summed E-state index contributed by atoms with van der Waals surface area (Å²) in [6, 6.07) is 7.50. The molecule has 0 unspecified atom stereocenters. The molecule has 0 aromatic heterocycles. The molecule has 1 heterocycles. The van der Waals surface area contributed by atoms with E-state index in [1.54, 1.807) is 0 Å². The lowest BCUT2D eigenvalue weighted by molar-refractivity contribution is -0.122. The van der Waals surface area contributed by atoms with Crippen molar-refractivity contribution in [2.75, 3.05) is 5.32 Å². The predicted octanol–water partition coefficient (Wildman–Crippen LogP) is 1.70. The number of nitrogens with one attached hydrogen (secondary N) is 1. The highest BCUT2D eigenvalue weighted by Gasteiger charge is 2.30. The smallest absolute Gasteiger partial charge is 0.232 e. The SMILES string of the molecule is CC(=O)C[C@@H]1C(=O)Nc2ccccc21. The maximum absolute atomic E-state index is 11.5. The molecule has 1 atom stereocenters. The maximum atomic E-state index is 11.5. The highest BCUT2D eigenvalue weighted by Crippen LogP contribution is 2.34. The molecule has 72 valence electrons. The van der Waals surface area contributed by atoms with Gasteiger partial charge in [-0.25, -0.2) is 0 Å². The average Bonchev–Trinajstić information content (AvgIpc) is 2.43. The first-order valence-corrected chi connectivity index (χ1v) is 4.57. The van der Waals surface area contributed by atoms with E-state index in [2.05, 4.69) is 5.32 Å². The number of amides is 1. The molecule has 0 radical (unpaired) electrons. The Hall–Kier alpha value is -1.64. The molecule has 1 aliphatic rings. The van der Waals surface area contributed by atoms with E-state index >= 15 is 0 Å². The maximum Gasteiger partial charge on any atom is 0.232 e. The first kappa shape index (κ1) is 8.94. The third-order valence-electron chi connectivity index (χ3n) is 2.40. The van der Waals surface area contributed by atoms with Crippen molar-refractivity contribution in [2.45, 2.75) is 19.3 Å². The van der Waals surface area contributed by atoms with Crippen LogP contribution in [0.2, 0.25) is 0 Å². The Labute approximate surface area is 82.1 Å². The Balaban J connectivity index is 2.34. The van der Waals surface area contributed by atoms with Crippen LogP contribution in [0.25, 0.3) is 0 Å². The number of rotatable bonds is 2. The van der Waals surface area contributed by atoms with Gasteiger partial charge in [-0.1, -0.05) is 18.2 Å². The van der Waals surface area contributed by atoms with Crippen molar-refractivity contribution >= 4 is 17.4 Å². The number of anilines is 1. The zero-order chi connectivity index (χ0) is 10.1. The zero-order valence-electron chi connectivity index (χ0n) is 7.91. The van der Waals surface area contributed by atoms with Gasteiger partial charge in [0.15, 0.2) is 0 Å². The normalized spacial score (nSPS) is 18.9. The summed E-state index contributed by atoms with van der Waals surface area (Å²) in [4.78, 5) is 22.5. The summed E-state index contributed by atoms with van der Waals surface area (Å²) in [6.45, 7) is 1.51. The van der Waals surface area contributed by atoms with Crippen LogP contribution >= 0.6 is 0 Å². The molecule has 3 nitrogen and oxygen atoms in total. The molecule has 1 aromatic carbocycles. The number of para-hydroxylation sites is 1. The molecule has 0 saturated heterocycles. The van der Waals surface area contributed by atoms with Gasteiger partial charge in [0.05, 0.1) is 5.92 Å². The second-order valence-electron chi connectivity index (χ2n) is 3.54. The van der Waals surface area contributed by atoms with Crippen LogP contribution in [0.4, 0.5) is 5.69 Å². The summed E-state index contributed by atoms with van der Waals surface area (Å²) in [7, 11) is 0. The van der Waals surface area contributed by atoms with Gasteiger partial charge in [-0.15, -0.1) is 0 Å². The second kappa shape index (κ2) is 3.25. The fraction of sp³-hybridized carbons (Fsp3) is 0.273. The van der Waals surface area contributed by atoms with E-state index in [9.17, 15) is 9.59 Å². The summed E-state index contributed by atoms with van der Waals surface area (Å²) in [5, 5.41) is 2.76. The van der Waals surface area contributed by atoms with Crippen LogP contribution in [0.3, 0.4) is 0 Å². The van der Waals surface area contributed by atoms with Gasteiger partial charge in [0, 0.05) is 12.1 Å². The van der Waals surface area contributed by atoms with Crippen molar-refractivity contribution < 1.29 is 9.59 Å². The predicted molar refractivity (Wildman–Crippen MR) is 53.1 cm³/mol. The lowest BCUT2D eigenvalue weighted by Crippen LogP contribution is -2.14. The minimum Gasteiger partial charge on any atom is -0.325 e. The van der Waals surface area contributed by atoms with E-state index < -0.39 is 0 Å². The number of carbonyl (C=O) groups excluding carboxylic acids is 2. The molecular formula is C11H11NO2. The van der Waals surface area contributed by atoms with Crippen LogP contribution < -0.4 is 5.32 Å². The Morgan fingerprint density at radius 1 is 1.43 bits per heavy atom. The molecular weight excluding hydrogens is 178 g/mol. The van der Waals surface area contributed by atoms with Gasteiger partial charge in [0.2, 0.25) is 5.91 Å². The van der Waals surface area contributed by atoms with Gasteiger partial charge in [-0.2, -0.15) is 0 Å². The first-order chi connectivity index (χ1) is 6.68. The number of carbonyl (C=O) groups is 2. The minimum absolute atomic E-state index is 0.0434. The van der Waals surface area contributed by atoms with E-state index in [1.807, 2.05) is 24.3 Å². The van der Waals surface area contributed by atoms with Gasteiger partial charge < -0.3 is 5.32 Å². The van der Waals surface area contributed by atoms with Crippen molar-refractivity contribution in [3.05, 3.63) is 29.8 Å². The lowest BCUT2D eigenvalue weighted by Gasteiger charge is -2.04. The van der Waals surface area contributed by atoms with E-state index in [4.69, 9.17) is 0 Å². The largest absolute Gasteiger partial charge is 0.325 e.